The molecule has 5 heterocycles. The molecule has 206 valence electrons. The van der Waals surface area contributed by atoms with E-state index < -0.39 is 0 Å². The lowest BCUT2D eigenvalue weighted by Gasteiger charge is -2.18. The number of benzene rings is 3. The Morgan fingerprint density at radius 1 is 0.386 bits per heavy atom. The summed E-state index contributed by atoms with van der Waals surface area (Å²) >= 11 is 0. The quantitative estimate of drug-likeness (QED) is 0.195. The molecule has 5 aromatic heterocycles. The van der Waals surface area contributed by atoms with Gasteiger partial charge in [0.15, 0.2) is 5.82 Å². The van der Waals surface area contributed by atoms with Gasteiger partial charge in [0.2, 0.25) is 0 Å². The average molecular weight is 565 g/mol. The molecule has 0 aliphatic heterocycles. The summed E-state index contributed by atoms with van der Waals surface area (Å²) in [6.07, 6.45) is 9.22. The number of nitrogens with zero attached hydrogens (tertiary/aromatic N) is 6. The second-order valence-electron chi connectivity index (χ2n) is 10.4. The molecule has 0 aliphatic rings. The second kappa shape index (κ2) is 10.9. The predicted molar refractivity (Wildman–Crippen MR) is 175 cm³/mol. The van der Waals surface area contributed by atoms with Crippen LogP contribution in [0.4, 0.5) is 0 Å². The van der Waals surface area contributed by atoms with E-state index in [4.69, 9.17) is 15.0 Å². The van der Waals surface area contributed by atoms with Gasteiger partial charge in [-0.1, -0.05) is 72.8 Å². The summed E-state index contributed by atoms with van der Waals surface area (Å²) in [5.74, 6) is 0.591. The smallest absolute Gasteiger partial charge is 0.159 e. The third-order valence-electron chi connectivity index (χ3n) is 7.72. The third kappa shape index (κ3) is 4.55. The van der Waals surface area contributed by atoms with Crippen LogP contribution >= 0.6 is 0 Å². The van der Waals surface area contributed by atoms with Crippen LogP contribution in [0.3, 0.4) is 0 Å². The van der Waals surface area contributed by atoms with E-state index in [1.54, 1.807) is 12.4 Å². The Labute approximate surface area is 253 Å². The summed E-state index contributed by atoms with van der Waals surface area (Å²) < 4.78 is 0. The Bertz CT molecular complexity index is 2200. The van der Waals surface area contributed by atoms with Gasteiger partial charge in [0, 0.05) is 52.9 Å². The number of fused-ring (bicyclic) bond motifs is 3. The second-order valence-corrected chi connectivity index (χ2v) is 10.4. The van der Waals surface area contributed by atoms with Gasteiger partial charge in [-0.15, -0.1) is 0 Å². The number of hydrogen-bond acceptors (Lipinski definition) is 6. The molecule has 0 fully saturated rings. The molecule has 0 atom stereocenters. The molecule has 6 heteroatoms. The van der Waals surface area contributed by atoms with E-state index in [-0.39, 0.29) is 0 Å². The summed E-state index contributed by atoms with van der Waals surface area (Å²) in [4.78, 5) is 28.8. The molecule has 0 aliphatic carbocycles. The molecule has 8 rings (SSSR count). The SMILES string of the molecule is c1ccc(-c2c(-c3ccccc3)c3nc(-c4cc(-c5ccccn5)nc(-c5ccccn5)c4)ncc3c3cnccc23)cc1. The van der Waals surface area contributed by atoms with Crippen molar-refractivity contribution in [3.05, 3.63) is 146 Å². The van der Waals surface area contributed by atoms with E-state index in [0.717, 1.165) is 72.3 Å². The molecular formula is C38H24N6. The molecule has 0 saturated carbocycles. The first-order chi connectivity index (χ1) is 21.8. The number of hydrogen-bond donors (Lipinski definition) is 0. The van der Waals surface area contributed by atoms with Crippen LogP contribution in [0.25, 0.3) is 78.1 Å². The first-order valence-electron chi connectivity index (χ1n) is 14.4. The van der Waals surface area contributed by atoms with E-state index >= 15 is 0 Å². The van der Waals surface area contributed by atoms with Crippen molar-refractivity contribution in [2.45, 2.75) is 0 Å². The van der Waals surface area contributed by atoms with Gasteiger partial charge in [0.1, 0.15) is 0 Å². The van der Waals surface area contributed by atoms with Gasteiger partial charge < -0.3 is 0 Å². The van der Waals surface area contributed by atoms with Crippen LogP contribution in [-0.2, 0) is 0 Å². The van der Waals surface area contributed by atoms with Crippen LogP contribution in [0.2, 0.25) is 0 Å². The molecule has 0 bridgehead atoms. The molecule has 8 aromatic rings. The Balaban J connectivity index is 1.45. The average Bonchev–Trinajstić information content (AvgIpc) is 3.12. The van der Waals surface area contributed by atoms with Crippen molar-refractivity contribution in [3.8, 4) is 56.4 Å². The lowest BCUT2D eigenvalue weighted by Crippen LogP contribution is -1.99. The minimum atomic E-state index is 0.591. The molecule has 0 N–H and O–H groups in total. The number of pyridine rings is 4. The van der Waals surface area contributed by atoms with Gasteiger partial charge in [-0.2, -0.15) is 0 Å². The van der Waals surface area contributed by atoms with E-state index in [2.05, 4.69) is 69.5 Å². The van der Waals surface area contributed by atoms with Gasteiger partial charge >= 0.3 is 0 Å². The highest BCUT2D eigenvalue weighted by Crippen LogP contribution is 2.43. The molecule has 0 radical (unpaired) electrons. The monoisotopic (exact) mass is 564 g/mol. The van der Waals surface area contributed by atoms with Crippen LogP contribution in [0, 0.1) is 0 Å². The Morgan fingerprint density at radius 2 is 1.00 bits per heavy atom. The zero-order valence-electron chi connectivity index (χ0n) is 23.5. The Kier molecular flexibility index (Phi) is 6.35. The summed E-state index contributed by atoms with van der Waals surface area (Å²) in [5, 5.41) is 3.05. The zero-order chi connectivity index (χ0) is 29.3. The van der Waals surface area contributed by atoms with Crippen LogP contribution in [0.15, 0.2) is 146 Å². The fraction of sp³-hybridized carbons (Fsp3) is 0. The molecule has 0 unspecified atom stereocenters. The van der Waals surface area contributed by atoms with Crippen molar-refractivity contribution >= 4 is 21.7 Å². The highest BCUT2D eigenvalue weighted by molar-refractivity contribution is 6.20. The molecule has 44 heavy (non-hydrogen) atoms. The van der Waals surface area contributed by atoms with Crippen LogP contribution in [-0.4, -0.2) is 29.9 Å². The highest BCUT2D eigenvalue weighted by Gasteiger charge is 2.20. The van der Waals surface area contributed by atoms with E-state index in [9.17, 15) is 0 Å². The Morgan fingerprint density at radius 3 is 1.61 bits per heavy atom. The summed E-state index contributed by atoms with van der Waals surface area (Å²) in [6.45, 7) is 0. The van der Waals surface area contributed by atoms with Crippen molar-refractivity contribution < 1.29 is 0 Å². The minimum absolute atomic E-state index is 0.591. The van der Waals surface area contributed by atoms with Gasteiger partial charge in [-0.3, -0.25) is 15.0 Å². The van der Waals surface area contributed by atoms with Crippen LogP contribution in [0.5, 0.6) is 0 Å². The minimum Gasteiger partial charge on any atom is -0.264 e. The van der Waals surface area contributed by atoms with Crippen molar-refractivity contribution in [3.63, 3.8) is 0 Å². The highest BCUT2D eigenvalue weighted by atomic mass is 14.9. The van der Waals surface area contributed by atoms with Crippen molar-refractivity contribution in [1.82, 2.24) is 29.9 Å². The van der Waals surface area contributed by atoms with Gasteiger partial charge in [0.25, 0.3) is 0 Å². The summed E-state index contributed by atoms with van der Waals surface area (Å²) in [7, 11) is 0. The topological polar surface area (TPSA) is 77.3 Å². The first-order valence-corrected chi connectivity index (χ1v) is 14.4. The maximum Gasteiger partial charge on any atom is 0.159 e. The standard InChI is InChI=1S/C38H24N6/c1-3-11-25(12-4-1)35-28-17-20-39-23-29(28)30-24-42-38(44-37(30)36(35)26-13-5-2-6-14-26)27-21-33(31-15-7-9-18-40-31)43-34(22-27)32-16-8-10-19-41-32/h1-24H. The van der Waals surface area contributed by atoms with E-state index in [1.165, 1.54) is 0 Å². The summed E-state index contributed by atoms with van der Waals surface area (Å²) in [5.41, 5.74) is 9.03. The maximum absolute atomic E-state index is 5.32. The van der Waals surface area contributed by atoms with Crippen LogP contribution in [0.1, 0.15) is 0 Å². The summed E-state index contributed by atoms with van der Waals surface area (Å²) in [6, 6.07) is 38.6. The van der Waals surface area contributed by atoms with E-state index in [0.29, 0.717) is 5.82 Å². The lowest BCUT2D eigenvalue weighted by atomic mass is 9.88. The molecular weight excluding hydrogens is 540 g/mol. The van der Waals surface area contributed by atoms with Crippen LogP contribution < -0.4 is 0 Å². The van der Waals surface area contributed by atoms with Crippen molar-refractivity contribution in [2.75, 3.05) is 0 Å². The third-order valence-corrected chi connectivity index (χ3v) is 7.72. The number of rotatable bonds is 5. The molecule has 6 nitrogen and oxygen atoms in total. The number of aromatic nitrogens is 6. The maximum atomic E-state index is 5.32. The Hall–Kier alpha value is -6.14. The predicted octanol–water partition coefficient (Wildman–Crippen LogP) is 8.70. The van der Waals surface area contributed by atoms with Crippen molar-refractivity contribution in [1.29, 1.82) is 0 Å². The normalized spacial score (nSPS) is 11.2. The molecule has 0 amide bonds. The fourth-order valence-corrected chi connectivity index (χ4v) is 5.73. The zero-order valence-corrected chi connectivity index (χ0v) is 23.5. The first kappa shape index (κ1) is 25.6. The van der Waals surface area contributed by atoms with Crippen molar-refractivity contribution in [2.24, 2.45) is 0 Å². The molecule has 0 saturated heterocycles. The largest absolute Gasteiger partial charge is 0.264 e. The lowest BCUT2D eigenvalue weighted by molar-refractivity contribution is 1.19. The molecule has 0 spiro atoms. The fourth-order valence-electron chi connectivity index (χ4n) is 5.73. The van der Waals surface area contributed by atoms with Gasteiger partial charge in [-0.25, -0.2) is 15.0 Å². The van der Waals surface area contributed by atoms with Gasteiger partial charge in [0.05, 0.1) is 28.3 Å². The molecule has 3 aromatic carbocycles. The van der Waals surface area contributed by atoms with Gasteiger partial charge in [-0.05, 0) is 64.5 Å². The van der Waals surface area contributed by atoms with E-state index in [1.807, 2.05) is 79.3 Å².